The van der Waals surface area contributed by atoms with Crippen LogP contribution in [0.1, 0.15) is 77.0 Å². The van der Waals surface area contributed by atoms with Crippen molar-refractivity contribution >= 4 is 5.78 Å². The average molecular weight is 463 g/mol. The molecule has 0 spiro atoms. The van der Waals surface area contributed by atoms with Crippen molar-refractivity contribution < 1.29 is 20.1 Å². The summed E-state index contributed by atoms with van der Waals surface area (Å²) in [4.78, 5) is 10.9. The smallest absolute Gasteiger partial charge is 0.228 e. The van der Waals surface area contributed by atoms with E-state index >= 15 is 0 Å². The Hall–Kier alpha value is -2.99. The molecule has 0 aromatic rings. The van der Waals surface area contributed by atoms with E-state index in [-0.39, 0.29) is 5.78 Å². The summed E-state index contributed by atoms with van der Waals surface area (Å²) in [6.45, 7) is 0. The molecule has 0 aromatic carbocycles. The van der Waals surface area contributed by atoms with Gasteiger partial charge in [0.25, 0.3) is 0 Å². The van der Waals surface area contributed by atoms with Crippen molar-refractivity contribution in [3.05, 3.63) is 36.5 Å². The third kappa shape index (κ3) is 22.2. The first-order valence-electron chi connectivity index (χ1n) is 12.0. The van der Waals surface area contributed by atoms with Crippen molar-refractivity contribution in [2.45, 2.75) is 95.4 Å². The molecule has 4 heteroatoms. The molecule has 3 N–H and O–H groups in total. The summed E-state index contributed by atoms with van der Waals surface area (Å²) < 4.78 is 0. The summed E-state index contributed by atoms with van der Waals surface area (Å²) in [5.41, 5.74) is 0. The minimum Gasteiger partial charge on any atom is -0.377 e. The Morgan fingerprint density at radius 3 is 1.68 bits per heavy atom. The molecule has 0 aliphatic heterocycles. The Kier molecular flexibility index (Phi) is 21.1. The van der Waals surface area contributed by atoms with E-state index in [2.05, 4.69) is 29.6 Å². The van der Waals surface area contributed by atoms with E-state index in [0.29, 0.717) is 6.42 Å². The van der Waals surface area contributed by atoms with Crippen LogP contribution in [0.4, 0.5) is 0 Å². The van der Waals surface area contributed by atoms with Gasteiger partial charge in [-0.05, 0) is 68.7 Å². The zero-order valence-corrected chi connectivity index (χ0v) is 20.1. The molecule has 0 radical (unpaired) electrons. The molecule has 0 bridgehead atoms. The summed E-state index contributed by atoms with van der Waals surface area (Å²) >= 11 is 0. The van der Waals surface area contributed by atoms with Crippen LogP contribution in [-0.2, 0) is 4.79 Å². The molecule has 0 fully saturated rings. The second-order valence-electron chi connectivity index (χ2n) is 7.77. The molecule has 2 unspecified atom stereocenters. The normalized spacial score (nSPS) is 13.4. The molecule has 0 saturated carbocycles. The summed E-state index contributed by atoms with van der Waals surface area (Å²) in [5.74, 6) is 15.4. The molecular formula is C30H38O4. The molecule has 0 saturated heterocycles. The van der Waals surface area contributed by atoms with Gasteiger partial charge < -0.3 is 15.3 Å². The van der Waals surface area contributed by atoms with Gasteiger partial charge in [-0.15, -0.1) is 24.7 Å². The van der Waals surface area contributed by atoms with Crippen LogP contribution in [0.3, 0.4) is 0 Å². The Morgan fingerprint density at radius 2 is 1.18 bits per heavy atom. The Balaban J connectivity index is 3.79. The molecule has 4 nitrogen and oxygen atoms in total. The summed E-state index contributed by atoms with van der Waals surface area (Å²) in [5, 5.41) is 28.9. The van der Waals surface area contributed by atoms with Gasteiger partial charge in [-0.2, -0.15) is 0 Å². The van der Waals surface area contributed by atoms with E-state index in [1.807, 2.05) is 18.1 Å². The number of ketones is 1. The first-order valence-corrected chi connectivity index (χ1v) is 12.0. The highest BCUT2D eigenvalue weighted by molar-refractivity contribution is 6.03. The van der Waals surface area contributed by atoms with Crippen molar-refractivity contribution in [3.8, 4) is 48.4 Å². The van der Waals surface area contributed by atoms with Gasteiger partial charge in [-0.3, -0.25) is 4.79 Å². The SMILES string of the molecule is C#CC(=O)/C=C/CCCCCCC#CC(O)/C=C\[C@H](O)C#CCCCCCC/C=C/C(O)C#C. The van der Waals surface area contributed by atoms with Crippen molar-refractivity contribution in [2.75, 3.05) is 0 Å². The number of unbranched alkanes of at least 4 members (excludes halogenated alkanes) is 10. The number of aliphatic hydroxyl groups is 3. The Labute approximate surface area is 206 Å². The maximum atomic E-state index is 10.9. The van der Waals surface area contributed by atoms with E-state index in [0.717, 1.165) is 70.6 Å². The number of carbonyl (C=O) groups is 1. The highest BCUT2D eigenvalue weighted by Crippen LogP contribution is 2.06. The van der Waals surface area contributed by atoms with Gasteiger partial charge in [0.1, 0.15) is 18.3 Å². The summed E-state index contributed by atoms with van der Waals surface area (Å²) in [7, 11) is 0. The topological polar surface area (TPSA) is 77.8 Å². The first kappa shape index (κ1) is 31.0. The van der Waals surface area contributed by atoms with E-state index in [1.54, 1.807) is 6.08 Å². The van der Waals surface area contributed by atoms with Crippen molar-refractivity contribution in [1.29, 1.82) is 0 Å². The van der Waals surface area contributed by atoms with Gasteiger partial charge >= 0.3 is 0 Å². The van der Waals surface area contributed by atoms with Crippen LogP contribution in [0.15, 0.2) is 36.5 Å². The van der Waals surface area contributed by atoms with Crippen LogP contribution in [0, 0.1) is 48.4 Å². The molecule has 34 heavy (non-hydrogen) atoms. The lowest BCUT2D eigenvalue weighted by Crippen LogP contribution is -2.02. The Morgan fingerprint density at radius 1 is 0.676 bits per heavy atom. The fourth-order valence-electron chi connectivity index (χ4n) is 2.84. The van der Waals surface area contributed by atoms with Gasteiger partial charge in [-0.25, -0.2) is 0 Å². The highest BCUT2D eigenvalue weighted by Gasteiger charge is 1.96. The maximum absolute atomic E-state index is 10.9. The van der Waals surface area contributed by atoms with Crippen LogP contribution in [0.2, 0.25) is 0 Å². The quantitative estimate of drug-likeness (QED) is 0.105. The van der Waals surface area contributed by atoms with E-state index in [9.17, 15) is 20.1 Å². The van der Waals surface area contributed by atoms with E-state index in [1.165, 1.54) is 18.2 Å². The molecule has 0 rings (SSSR count). The van der Waals surface area contributed by atoms with Gasteiger partial charge in [0.2, 0.25) is 5.78 Å². The zero-order valence-electron chi connectivity index (χ0n) is 20.1. The van der Waals surface area contributed by atoms with Crippen molar-refractivity contribution in [2.24, 2.45) is 0 Å². The molecule has 0 aromatic heterocycles. The fraction of sp³-hybridized carbons (Fsp3) is 0.500. The predicted octanol–water partition coefficient (Wildman–Crippen LogP) is 4.26. The molecule has 182 valence electrons. The molecule has 0 amide bonds. The molecular weight excluding hydrogens is 424 g/mol. The number of hydrogen-bond donors (Lipinski definition) is 3. The third-order valence-electron chi connectivity index (χ3n) is 4.72. The maximum Gasteiger partial charge on any atom is 0.228 e. The monoisotopic (exact) mass is 462 g/mol. The minimum atomic E-state index is -0.911. The number of terminal acetylenes is 2. The first-order chi connectivity index (χ1) is 16.5. The zero-order chi connectivity index (χ0) is 25.3. The van der Waals surface area contributed by atoms with E-state index in [4.69, 9.17) is 12.8 Å². The standard InChI is InChI=1S/C30H38O4/c1-3-27(31)21-17-13-9-5-7-11-15-19-23-29(33)25-26-30(34)24-20-16-12-8-6-10-14-18-22-28(32)4-2/h1-2,17-18,21-22,25-27,29-31,33-34H,5-16H2/b21-17+,22-18+,26-25-/t27?,29-,30?/m1/s1. The Bertz CT molecular complexity index is 843. The van der Waals surface area contributed by atoms with Crippen LogP contribution in [0.5, 0.6) is 0 Å². The lowest BCUT2D eigenvalue weighted by molar-refractivity contribution is -0.109. The number of rotatable bonds is 16. The van der Waals surface area contributed by atoms with Gasteiger partial charge in [0, 0.05) is 12.8 Å². The number of hydrogen-bond acceptors (Lipinski definition) is 4. The van der Waals surface area contributed by atoms with Gasteiger partial charge in [0.15, 0.2) is 0 Å². The highest BCUT2D eigenvalue weighted by atomic mass is 16.3. The predicted molar refractivity (Wildman–Crippen MR) is 139 cm³/mol. The number of carbonyl (C=O) groups excluding carboxylic acids is 1. The molecule has 0 aliphatic rings. The van der Waals surface area contributed by atoms with Crippen LogP contribution in [-0.4, -0.2) is 39.4 Å². The molecule has 3 atom stereocenters. The van der Waals surface area contributed by atoms with Crippen molar-refractivity contribution in [1.82, 2.24) is 0 Å². The lowest BCUT2D eigenvalue weighted by atomic mass is 10.1. The van der Waals surface area contributed by atoms with E-state index < -0.39 is 18.3 Å². The summed E-state index contributed by atoms with van der Waals surface area (Å²) in [6, 6.07) is 0. The van der Waals surface area contributed by atoms with Crippen LogP contribution >= 0.6 is 0 Å². The second kappa shape index (κ2) is 23.2. The van der Waals surface area contributed by atoms with Gasteiger partial charge in [0.05, 0.1) is 0 Å². The molecule has 0 aliphatic carbocycles. The summed E-state index contributed by atoms with van der Waals surface area (Å²) in [6.07, 6.45) is 28.5. The second-order valence-corrected chi connectivity index (χ2v) is 7.77. The largest absolute Gasteiger partial charge is 0.377 e. The van der Waals surface area contributed by atoms with Gasteiger partial charge in [-0.1, -0.05) is 55.6 Å². The average Bonchev–Trinajstić information content (AvgIpc) is 2.84. The van der Waals surface area contributed by atoms with Crippen molar-refractivity contribution in [3.63, 3.8) is 0 Å². The fourth-order valence-corrected chi connectivity index (χ4v) is 2.84. The third-order valence-corrected chi connectivity index (χ3v) is 4.72. The van der Waals surface area contributed by atoms with Crippen LogP contribution in [0.25, 0.3) is 0 Å². The van der Waals surface area contributed by atoms with Crippen LogP contribution < -0.4 is 0 Å². The minimum absolute atomic E-state index is 0.297. The number of allylic oxidation sites excluding steroid dienone is 3. The number of aliphatic hydroxyl groups excluding tert-OH is 3. The lowest BCUT2D eigenvalue weighted by Gasteiger charge is -1.98. The molecule has 0 heterocycles.